The second-order valence-corrected chi connectivity index (χ2v) is 8.02. The lowest BCUT2D eigenvalue weighted by Gasteiger charge is -2.22. The van der Waals surface area contributed by atoms with Crippen molar-refractivity contribution in [3.8, 4) is 0 Å². The van der Waals surface area contributed by atoms with Crippen LogP contribution in [-0.4, -0.2) is 55.8 Å². The van der Waals surface area contributed by atoms with Gasteiger partial charge >= 0.3 is 0 Å². The molecule has 0 bridgehead atoms. The Morgan fingerprint density at radius 1 is 1.35 bits per heavy atom. The second-order valence-electron chi connectivity index (χ2n) is 5.79. The smallest absolute Gasteiger partial charge is 0.239 e. The molecule has 0 spiro atoms. The molecule has 1 heterocycles. The van der Waals surface area contributed by atoms with Gasteiger partial charge in [0.2, 0.25) is 11.8 Å². The maximum absolute atomic E-state index is 11.9. The van der Waals surface area contributed by atoms with Crippen molar-refractivity contribution in [2.24, 2.45) is 5.92 Å². The van der Waals surface area contributed by atoms with E-state index >= 15 is 0 Å². The minimum Gasteiger partial charge on any atom is -0.351 e. The van der Waals surface area contributed by atoms with Gasteiger partial charge in [0.15, 0.2) is 9.84 Å². The van der Waals surface area contributed by atoms with Gasteiger partial charge in [-0.2, -0.15) is 0 Å². The zero-order valence-electron chi connectivity index (χ0n) is 12.4. The Bertz CT molecular complexity index is 459. The van der Waals surface area contributed by atoms with Crippen molar-refractivity contribution in [1.82, 2.24) is 10.2 Å². The summed E-state index contributed by atoms with van der Waals surface area (Å²) in [5, 5.41) is 2.70. The van der Waals surface area contributed by atoms with Gasteiger partial charge in [-0.15, -0.1) is 0 Å². The first-order valence-electron chi connectivity index (χ1n) is 6.95. The standard InChI is InChI=1S/C13H24N2O4S/c1-10(2)4-6-15(11(3)16)8-13(17)14-12-5-7-20(18,19)9-12/h10,12H,4-9H2,1-3H3,(H,14,17). The van der Waals surface area contributed by atoms with Crippen LogP contribution in [0.2, 0.25) is 0 Å². The highest BCUT2D eigenvalue weighted by molar-refractivity contribution is 7.91. The zero-order chi connectivity index (χ0) is 15.3. The van der Waals surface area contributed by atoms with Crippen LogP contribution in [0.1, 0.15) is 33.6 Å². The molecule has 0 aliphatic carbocycles. The van der Waals surface area contributed by atoms with Crippen molar-refractivity contribution in [3.05, 3.63) is 0 Å². The van der Waals surface area contributed by atoms with Crippen molar-refractivity contribution in [2.75, 3.05) is 24.6 Å². The van der Waals surface area contributed by atoms with Crippen LogP contribution in [0.4, 0.5) is 0 Å². The fourth-order valence-electron chi connectivity index (χ4n) is 2.12. The summed E-state index contributed by atoms with van der Waals surface area (Å²) < 4.78 is 22.6. The van der Waals surface area contributed by atoms with Crippen LogP contribution >= 0.6 is 0 Å². The molecule has 0 aromatic carbocycles. The average molecular weight is 304 g/mol. The number of hydrogen-bond donors (Lipinski definition) is 1. The van der Waals surface area contributed by atoms with E-state index in [0.29, 0.717) is 18.9 Å². The number of nitrogens with zero attached hydrogens (tertiary/aromatic N) is 1. The summed E-state index contributed by atoms with van der Waals surface area (Å²) in [6, 6.07) is -0.314. The van der Waals surface area contributed by atoms with Gasteiger partial charge in [-0.3, -0.25) is 9.59 Å². The Balaban J connectivity index is 2.44. The highest BCUT2D eigenvalue weighted by Crippen LogP contribution is 2.11. The molecule has 2 amide bonds. The summed E-state index contributed by atoms with van der Waals surface area (Å²) in [6.45, 7) is 6.10. The van der Waals surface area contributed by atoms with Gasteiger partial charge in [-0.05, 0) is 18.8 Å². The Morgan fingerprint density at radius 3 is 2.45 bits per heavy atom. The van der Waals surface area contributed by atoms with E-state index in [2.05, 4.69) is 19.2 Å². The Morgan fingerprint density at radius 2 is 2.00 bits per heavy atom. The van der Waals surface area contributed by atoms with Gasteiger partial charge in [-0.1, -0.05) is 13.8 Å². The van der Waals surface area contributed by atoms with E-state index in [1.165, 1.54) is 11.8 Å². The number of carbonyl (C=O) groups excluding carboxylic acids is 2. The lowest BCUT2D eigenvalue weighted by Crippen LogP contribution is -2.44. The molecule has 1 saturated heterocycles. The fourth-order valence-corrected chi connectivity index (χ4v) is 3.79. The number of amides is 2. The van der Waals surface area contributed by atoms with Gasteiger partial charge in [0.05, 0.1) is 18.1 Å². The van der Waals surface area contributed by atoms with Gasteiger partial charge in [0.1, 0.15) is 0 Å². The molecule has 7 heteroatoms. The summed E-state index contributed by atoms with van der Waals surface area (Å²) in [7, 11) is -3.00. The van der Waals surface area contributed by atoms with Gasteiger partial charge in [0.25, 0.3) is 0 Å². The third kappa shape index (κ3) is 5.90. The van der Waals surface area contributed by atoms with Crippen molar-refractivity contribution in [2.45, 2.75) is 39.7 Å². The highest BCUT2D eigenvalue weighted by Gasteiger charge is 2.29. The summed E-state index contributed by atoms with van der Waals surface area (Å²) in [5.74, 6) is 0.165. The van der Waals surface area contributed by atoms with Crippen LogP contribution in [0.3, 0.4) is 0 Å². The Kier molecular flexibility index (Phi) is 5.98. The van der Waals surface area contributed by atoms with Crippen molar-refractivity contribution in [3.63, 3.8) is 0 Å². The normalized spacial score (nSPS) is 20.9. The molecule has 1 atom stereocenters. The van der Waals surface area contributed by atoms with Crippen molar-refractivity contribution in [1.29, 1.82) is 0 Å². The first kappa shape index (κ1) is 16.9. The highest BCUT2D eigenvalue weighted by atomic mass is 32.2. The van der Waals surface area contributed by atoms with E-state index in [1.54, 1.807) is 0 Å². The lowest BCUT2D eigenvalue weighted by molar-refractivity contribution is -0.134. The number of hydrogen-bond acceptors (Lipinski definition) is 4. The predicted molar refractivity (Wildman–Crippen MR) is 76.9 cm³/mol. The molecular formula is C13H24N2O4S. The summed E-state index contributed by atoms with van der Waals surface area (Å²) in [5.41, 5.74) is 0. The number of carbonyl (C=O) groups is 2. The predicted octanol–water partition coefficient (Wildman–Crippen LogP) is 0.184. The van der Waals surface area contributed by atoms with Gasteiger partial charge in [0, 0.05) is 19.5 Å². The first-order valence-corrected chi connectivity index (χ1v) is 8.77. The Labute approximate surface area is 120 Å². The minimum atomic E-state index is -3.00. The van der Waals surface area contributed by atoms with Crippen LogP contribution in [0, 0.1) is 5.92 Å². The molecule has 1 aliphatic rings. The van der Waals surface area contributed by atoms with E-state index in [9.17, 15) is 18.0 Å². The lowest BCUT2D eigenvalue weighted by atomic mass is 10.1. The number of sulfone groups is 1. The molecule has 0 aromatic rings. The monoisotopic (exact) mass is 304 g/mol. The van der Waals surface area contributed by atoms with Crippen LogP contribution < -0.4 is 5.32 Å². The molecule has 0 saturated carbocycles. The van der Waals surface area contributed by atoms with Gasteiger partial charge < -0.3 is 10.2 Å². The van der Waals surface area contributed by atoms with E-state index in [-0.39, 0.29) is 35.9 Å². The SMILES string of the molecule is CC(=O)N(CCC(C)C)CC(=O)NC1CCS(=O)(=O)C1. The molecule has 0 aromatic heterocycles. The summed E-state index contributed by atoms with van der Waals surface area (Å²) in [6.07, 6.45) is 1.30. The van der Waals surface area contributed by atoms with Gasteiger partial charge in [-0.25, -0.2) is 8.42 Å². The zero-order valence-corrected chi connectivity index (χ0v) is 13.2. The fraction of sp³-hybridized carbons (Fsp3) is 0.846. The van der Waals surface area contributed by atoms with Crippen molar-refractivity contribution >= 4 is 21.7 Å². The van der Waals surface area contributed by atoms with Crippen LogP contribution in [0.15, 0.2) is 0 Å². The van der Waals surface area contributed by atoms with Crippen LogP contribution in [-0.2, 0) is 19.4 Å². The average Bonchev–Trinajstić information content (AvgIpc) is 2.63. The Hall–Kier alpha value is -1.11. The van der Waals surface area contributed by atoms with Crippen LogP contribution in [0.5, 0.6) is 0 Å². The number of nitrogens with one attached hydrogen (secondary N) is 1. The molecule has 0 radical (unpaired) electrons. The molecule has 116 valence electrons. The number of rotatable bonds is 6. The van der Waals surface area contributed by atoms with E-state index < -0.39 is 9.84 Å². The van der Waals surface area contributed by atoms with Crippen LogP contribution in [0.25, 0.3) is 0 Å². The van der Waals surface area contributed by atoms with E-state index in [1.807, 2.05) is 0 Å². The molecule has 1 rings (SSSR count). The molecule has 1 aliphatic heterocycles. The maximum Gasteiger partial charge on any atom is 0.239 e. The molecule has 1 N–H and O–H groups in total. The summed E-state index contributed by atoms with van der Waals surface area (Å²) in [4.78, 5) is 24.9. The maximum atomic E-state index is 11.9. The topological polar surface area (TPSA) is 83.6 Å². The largest absolute Gasteiger partial charge is 0.351 e. The van der Waals surface area contributed by atoms with E-state index in [4.69, 9.17) is 0 Å². The van der Waals surface area contributed by atoms with E-state index in [0.717, 1.165) is 6.42 Å². The molecule has 1 unspecified atom stereocenters. The quantitative estimate of drug-likeness (QED) is 0.759. The molecule has 6 nitrogen and oxygen atoms in total. The third-order valence-electron chi connectivity index (χ3n) is 3.35. The molecule has 1 fully saturated rings. The molecular weight excluding hydrogens is 280 g/mol. The first-order chi connectivity index (χ1) is 9.19. The third-order valence-corrected chi connectivity index (χ3v) is 5.12. The second kappa shape index (κ2) is 7.06. The van der Waals surface area contributed by atoms with Crippen molar-refractivity contribution < 1.29 is 18.0 Å². The molecule has 20 heavy (non-hydrogen) atoms. The minimum absolute atomic E-state index is 0.00139. The summed E-state index contributed by atoms with van der Waals surface area (Å²) >= 11 is 0.